The van der Waals surface area contributed by atoms with Crippen LogP contribution in [0.25, 0.3) is 0 Å². The number of nitriles is 1. The molecule has 0 aliphatic carbocycles. The Morgan fingerprint density at radius 1 is 1.38 bits per heavy atom. The van der Waals surface area contributed by atoms with E-state index in [1.165, 1.54) is 0 Å². The van der Waals surface area contributed by atoms with Crippen molar-refractivity contribution in [2.75, 3.05) is 11.1 Å². The molecule has 0 saturated carbocycles. The van der Waals surface area contributed by atoms with E-state index in [4.69, 9.17) is 22.6 Å². The first-order valence-corrected chi connectivity index (χ1v) is 7.02. The maximum atomic E-state index is 8.97. The van der Waals surface area contributed by atoms with Crippen molar-refractivity contribution in [3.63, 3.8) is 0 Å². The predicted molar refractivity (Wildman–Crippen MR) is 84.6 cm³/mol. The molecule has 0 unspecified atom stereocenters. The molecule has 21 heavy (non-hydrogen) atoms. The van der Waals surface area contributed by atoms with Crippen LogP contribution in [0, 0.1) is 18.3 Å². The standard InChI is InChI=1S/C15H16ClN5/c1-3-4-13-20-14(18)9(2)15(21-13)19-12-7-10(8-17)5-6-11(12)16/h5-7H,3-4H2,1-2H3,(H3,18,19,20,21). The van der Waals surface area contributed by atoms with Crippen LogP contribution in [0.3, 0.4) is 0 Å². The molecule has 0 aliphatic rings. The summed E-state index contributed by atoms with van der Waals surface area (Å²) in [5.41, 5.74) is 7.83. The molecule has 0 fully saturated rings. The highest BCUT2D eigenvalue weighted by Gasteiger charge is 2.10. The lowest BCUT2D eigenvalue weighted by molar-refractivity contribution is 0.836. The van der Waals surface area contributed by atoms with E-state index in [-0.39, 0.29) is 0 Å². The molecule has 1 aromatic carbocycles. The molecule has 3 N–H and O–H groups in total. The molecule has 1 aromatic heterocycles. The maximum Gasteiger partial charge on any atom is 0.139 e. The number of rotatable bonds is 4. The van der Waals surface area contributed by atoms with Crippen molar-refractivity contribution >= 4 is 28.9 Å². The van der Waals surface area contributed by atoms with Gasteiger partial charge in [-0.25, -0.2) is 9.97 Å². The molecule has 108 valence electrons. The Labute approximate surface area is 128 Å². The van der Waals surface area contributed by atoms with Gasteiger partial charge < -0.3 is 11.1 Å². The maximum absolute atomic E-state index is 8.97. The molecule has 0 aliphatic heterocycles. The van der Waals surface area contributed by atoms with Gasteiger partial charge in [0.15, 0.2) is 0 Å². The quantitative estimate of drug-likeness (QED) is 0.901. The van der Waals surface area contributed by atoms with Gasteiger partial charge in [0.1, 0.15) is 17.5 Å². The van der Waals surface area contributed by atoms with Gasteiger partial charge in [-0.2, -0.15) is 5.26 Å². The monoisotopic (exact) mass is 301 g/mol. The lowest BCUT2D eigenvalue weighted by Crippen LogP contribution is -2.07. The molecule has 0 amide bonds. The van der Waals surface area contributed by atoms with E-state index >= 15 is 0 Å². The molecule has 5 nitrogen and oxygen atoms in total. The highest BCUT2D eigenvalue weighted by molar-refractivity contribution is 6.33. The number of aryl methyl sites for hydroxylation is 1. The summed E-state index contributed by atoms with van der Waals surface area (Å²) in [6.45, 7) is 3.90. The Morgan fingerprint density at radius 3 is 2.81 bits per heavy atom. The van der Waals surface area contributed by atoms with E-state index in [9.17, 15) is 0 Å². The van der Waals surface area contributed by atoms with Crippen molar-refractivity contribution in [3.05, 3.63) is 40.2 Å². The summed E-state index contributed by atoms with van der Waals surface area (Å²) in [5.74, 6) is 1.75. The van der Waals surface area contributed by atoms with Gasteiger partial charge in [-0.15, -0.1) is 0 Å². The SMILES string of the molecule is CCCc1nc(N)c(C)c(Nc2cc(C#N)ccc2Cl)n1. The van der Waals surface area contributed by atoms with Gasteiger partial charge in [0.25, 0.3) is 0 Å². The molecular formula is C15H16ClN5. The first kappa shape index (κ1) is 15.1. The van der Waals surface area contributed by atoms with Crippen LogP contribution >= 0.6 is 11.6 Å². The van der Waals surface area contributed by atoms with Crippen LogP contribution < -0.4 is 11.1 Å². The molecular weight excluding hydrogens is 286 g/mol. The lowest BCUT2D eigenvalue weighted by Gasteiger charge is -2.13. The minimum atomic E-state index is 0.448. The zero-order valence-corrected chi connectivity index (χ0v) is 12.7. The summed E-state index contributed by atoms with van der Waals surface area (Å²) in [4.78, 5) is 8.73. The van der Waals surface area contributed by atoms with Gasteiger partial charge in [0.05, 0.1) is 22.3 Å². The van der Waals surface area contributed by atoms with Gasteiger partial charge in [0.2, 0.25) is 0 Å². The van der Waals surface area contributed by atoms with Crippen LogP contribution in [0.1, 0.15) is 30.3 Å². The smallest absolute Gasteiger partial charge is 0.139 e. The Bertz CT molecular complexity index is 706. The van der Waals surface area contributed by atoms with E-state index in [0.717, 1.165) is 18.4 Å². The summed E-state index contributed by atoms with van der Waals surface area (Å²) in [6, 6.07) is 7.10. The van der Waals surface area contributed by atoms with Crippen LogP contribution in [-0.2, 0) is 6.42 Å². The van der Waals surface area contributed by atoms with Gasteiger partial charge in [-0.05, 0) is 31.5 Å². The fourth-order valence-electron chi connectivity index (χ4n) is 1.86. The van der Waals surface area contributed by atoms with Crippen molar-refractivity contribution in [2.45, 2.75) is 26.7 Å². The Balaban J connectivity index is 2.41. The van der Waals surface area contributed by atoms with Crippen LogP contribution in [-0.4, -0.2) is 9.97 Å². The minimum Gasteiger partial charge on any atom is -0.383 e. The second kappa shape index (κ2) is 6.42. The highest BCUT2D eigenvalue weighted by atomic mass is 35.5. The lowest BCUT2D eigenvalue weighted by atomic mass is 10.2. The van der Waals surface area contributed by atoms with E-state index in [2.05, 4.69) is 28.3 Å². The summed E-state index contributed by atoms with van der Waals surface area (Å²) in [7, 11) is 0. The number of nitrogens with two attached hydrogens (primary N) is 1. The van der Waals surface area contributed by atoms with Crippen molar-refractivity contribution in [1.82, 2.24) is 9.97 Å². The Kier molecular flexibility index (Phi) is 4.61. The third-order valence-electron chi connectivity index (χ3n) is 3.05. The fraction of sp³-hybridized carbons (Fsp3) is 0.267. The molecule has 2 rings (SSSR count). The van der Waals surface area contributed by atoms with Crippen LogP contribution in [0.4, 0.5) is 17.3 Å². The number of benzene rings is 1. The zero-order chi connectivity index (χ0) is 15.4. The topological polar surface area (TPSA) is 87.6 Å². The number of aromatic nitrogens is 2. The van der Waals surface area contributed by atoms with Gasteiger partial charge in [-0.1, -0.05) is 18.5 Å². The number of hydrogen-bond acceptors (Lipinski definition) is 5. The van der Waals surface area contributed by atoms with Crippen LogP contribution in [0.2, 0.25) is 5.02 Å². The largest absolute Gasteiger partial charge is 0.383 e. The highest BCUT2D eigenvalue weighted by Crippen LogP contribution is 2.28. The fourth-order valence-corrected chi connectivity index (χ4v) is 2.02. The first-order valence-electron chi connectivity index (χ1n) is 6.64. The van der Waals surface area contributed by atoms with Gasteiger partial charge in [0, 0.05) is 12.0 Å². The predicted octanol–water partition coefficient (Wildman–Crippen LogP) is 3.59. The summed E-state index contributed by atoms with van der Waals surface area (Å²) < 4.78 is 0. The molecule has 6 heteroatoms. The first-order chi connectivity index (χ1) is 10.0. The number of hydrogen-bond donors (Lipinski definition) is 2. The molecule has 0 atom stereocenters. The van der Waals surface area contributed by atoms with Crippen molar-refractivity contribution < 1.29 is 0 Å². The van der Waals surface area contributed by atoms with E-state index in [1.807, 2.05) is 6.92 Å². The van der Waals surface area contributed by atoms with Crippen molar-refractivity contribution in [3.8, 4) is 6.07 Å². The van der Waals surface area contributed by atoms with E-state index < -0.39 is 0 Å². The second-order valence-corrected chi connectivity index (χ2v) is 5.09. The Hall–Kier alpha value is -2.32. The van der Waals surface area contributed by atoms with Crippen LogP contribution in [0.5, 0.6) is 0 Å². The molecule has 1 heterocycles. The van der Waals surface area contributed by atoms with E-state index in [0.29, 0.717) is 33.7 Å². The summed E-state index contributed by atoms with van der Waals surface area (Å²) in [5, 5.41) is 12.6. The van der Waals surface area contributed by atoms with Gasteiger partial charge >= 0.3 is 0 Å². The Morgan fingerprint density at radius 2 is 2.14 bits per heavy atom. The number of nitrogen functional groups attached to an aromatic ring is 1. The number of anilines is 3. The normalized spacial score (nSPS) is 10.2. The van der Waals surface area contributed by atoms with Crippen LogP contribution in [0.15, 0.2) is 18.2 Å². The van der Waals surface area contributed by atoms with E-state index in [1.54, 1.807) is 18.2 Å². The van der Waals surface area contributed by atoms with Gasteiger partial charge in [-0.3, -0.25) is 0 Å². The number of halogens is 1. The number of nitrogens with one attached hydrogen (secondary N) is 1. The average molecular weight is 302 g/mol. The minimum absolute atomic E-state index is 0.448. The molecule has 0 spiro atoms. The molecule has 0 radical (unpaired) electrons. The molecule has 2 aromatic rings. The summed E-state index contributed by atoms with van der Waals surface area (Å²) in [6.07, 6.45) is 1.69. The number of nitrogens with zero attached hydrogens (tertiary/aromatic N) is 3. The average Bonchev–Trinajstić information content (AvgIpc) is 2.46. The summed E-state index contributed by atoms with van der Waals surface area (Å²) >= 11 is 6.15. The third kappa shape index (κ3) is 3.41. The zero-order valence-electron chi connectivity index (χ0n) is 11.9. The second-order valence-electron chi connectivity index (χ2n) is 4.68. The van der Waals surface area contributed by atoms with Crippen molar-refractivity contribution in [2.24, 2.45) is 0 Å². The van der Waals surface area contributed by atoms with Crippen molar-refractivity contribution in [1.29, 1.82) is 5.26 Å². The third-order valence-corrected chi connectivity index (χ3v) is 3.38. The molecule has 0 bridgehead atoms. The molecule has 0 saturated heterocycles.